The van der Waals surface area contributed by atoms with Crippen molar-refractivity contribution < 1.29 is 14.6 Å². The molecule has 5 nitrogen and oxygen atoms in total. The summed E-state index contributed by atoms with van der Waals surface area (Å²) < 4.78 is 5.58. The minimum atomic E-state index is -0.537. The van der Waals surface area contributed by atoms with Crippen LogP contribution >= 0.6 is 0 Å². The van der Waals surface area contributed by atoms with Gasteiger partial charge in [0.25, 0.3) is 0 Å². The Labute approximate surface area is 103 Å². The molecule has 0 heterocycles. The van der Waals surface area contributed by atoms with E-state index in [1.807, 2.05) is 0 Å². The van der Waals surface area contributed by atoms with E-state index in [1.165, 1.54) is 17.7 Å². The molecule has 0 aromatic rings. The third-order valence-corrected chi connectivity index (χ3v) is 2.98. The normalized spacial score (nSPS) is 18.3. The van der Waals surface area contributed by atoms with Crippen LogP contribution in [0.3, 0.4) is 0 Å². The molecule has 0 saturated heterocycles. The highest BCUT2D eigenvalue weighted by Crippen LogP contribution is 2.20. The number of carbonyl (C=O) groups is 1. The van der Waals surface area contributed by atoms with Gasteiger partial charge in [0.15, 0.2) is 0 Å². The molecule has 1 fully saturated rings. The molecule has 5 heteroatoms. The van der Waals surface area contributed by atoms with Gasteiger partial charge in [-0.05, 0) is 12.8 Å². The Morgan fingerprint density at radius 1 is 1.47 bits per heavy atom. The molecule has 1 unspecified atom stereocenters. The number of ether oxygens (including phenoxy) is 1. The molecule has 0 aromatic heterocycles. The lowest BCUT2D eigenvalue weighted by atomic mass is 10.3. The van der Waals surface area contributed by atoms with Gasteiger partial charge in [0.1, 0.15) is 0 Å². The number of hydrogen-bond acceptors (Lipinski definition) is 4. The predicted molar refractivity (Wildman–Crippen MR) is 65.8 cm³/mol. The Morgan fingerprint density at radius 2 is 2.12 bits per heavy atom. The minimum absolute atomic E-state index is 0.00825. The lowest BCUT2D eigenvalue weighted by molar-refractivity contribution is -0.127. The molecule has 0 radical (unpaired) electrons. The number of hydrogen-bond donors (Lipinski definition) is 2. The van der Waals surface area contributed by atoms with Crippen molar-refractivity contribution in [1.29, 1.82) is 0 Å². The van der Waals surface area contributed by atoms with Gasteiger partial charge in [0.05, 0.1) is 25.4 Å². The fourth-order valence-electron chi connectivity index (χ4n) is 1.86. The summed E-state index contributed by atoms with van der Waals surface area (Å²) in [6, 6.07) is 0. The smallest absolute Gasteiger partial charge is 0.236 e. The van der Waals surface area contributed by atoms with Crippen molar-refractivity contribution in [1.82, 2.24) is 10.2 Å². The third kappa shape index (κ3) is 6.00. The molecule has 100 valence electrons. The summed E-state index contributed by atoms with van der Waals surface area (Å²) >= 11 is 0. The Morgan fingerprint density at radius 3 is 2.71 bits per heavy atom. The van der Waals surface area contributed by atoms with E-state index < -0.39 is 6.10 Å². The molecule has 0 aliphatic heterocycles. The molecule has 1 atom stereocenters. The van der Waals surface area contributed by atoms with Crippen LogP contribution in [0.5, 0.6) is 0 Å². The van der Waals surface area contributed by atoms with Crippen molar-refractivity contribution in [2.24, 2.45) is 0 Å². The first kappa shape index (κ1) is 14.4. The predicted octanol–water partition coefficient (Wildman–Crippen LogP) is -0.0157. The maximum Gasteiger partial charge on any atom is 0.236 e. The van der Waals surface area contributed by atoms with Crippen molar-refractivity contribution in [3.63, 3.8) is 0 Å². The van der Waals surface area contributed by atoms with Gasteiger partial charge >= 0.3 is 0 Å². The topological polar surface area (TPSA) is 61.8 Å². The van der Waals surface area contributed by atoms with Crippen molar-refractivity contribution in [2.45, 2.75) is 37.9 Å². The lowest BCUT2D eigenvalue weighted by Crippen LogP contribution is -2.38. The molecular formula is C12H24N2O3. The Balaban J connectivity index is 2.00. The van der Waals surface area contributed by atoms with E-state index >= 15 is 0 Å². The maximum absolute atomic E-state index is 11.2. The molecule has 0 bridgehead atoms. The Hall–Kier alpha value is -0.650. The monoisotopic (exact) mass is 244 g/mol. The highest BCUT2D eigenvalue weighted by molar-refractivity contribution is 5.77. The van der Waals surface area contributed by atoms with Crippen LogP contribution in [-0.4, -0.2) is 61.9 Å². The molecule has 17 heavy (non-hydrogen) atoms. The van der Waals surface area contributed by atoms with Gasteiger partial charge in [-0.15, -0.1) is 0 Å². The van der Waals surface area contributed by atoms with Crippen LogP contribution in [0.15, 0.2) is 0 Å². The van der Waals surface area contributed by atoms with Crippen LogP contribution in [0.1, 0.15) is 25.7 Å². The van der Waals surface area contributed by atoms with Gasteiger partial charge in [-0.3, -0.25) is 4.79 Å². The number of amides is 1. The lowest BCUT2D eigenvalue weighted by Gasteiger charge is -2.16. The van der Waals surface area contributed by atoms with Gasteiger partial charge in [0.2, 0.25) is 5.91 Å². The summed E-state index contributed by atoms with van der Waals surface area (Å²) in [6.07, 6.45) is 4.48. The second-order valence-electron chi connectivity index (χ2n) is 4.81. The van der Waals surface area contributed by atoms with E-state index in [-0.39, 0.29) is 12.5 Å². The second-order valence-corrected chi connectivity index (χ2v) is 4.81. The minimum Gasteiger partial charge on any atom is -0.389 e. The number of nitrogens with one attached hydrogen (secondary N) is 1. The van der Waals surface area contributed by atoms with E-state index in [0.717, 1.165) is 12.8 Å². The summed E-state index contributed by atoms with van der Waals surface area (Å²) in [5, 5.41) is 12.6. The third-order valence-electron chi connectivity index (χ3n) is 2.98. The first-order valence-corrected chi connectivity index (χ1v) is 6.30. The number of carbonyl (C=O) groups excluding carboxylic acids is 1. The van der Waals surface area contributed by atoms with Crippen LogP contribution in [0, 0.1) is 0 Å². The molecule has 1 aliphatic rings. The summed E-state index contributed by atoms with van der Waals surface area (Å²) in [5.41, 5.74) is 0. The molecule has 1 aliphatic carbocycles. The van der Waals surface area contributed by atoms with Crippen LogP contribution in [0.4, 0.5) is 0 Å². The first-order valence-electron chi connectivity index (χ1n) is 6.30. The van der Waals surface area contributed by atoms with E-state index in [1.54, 1.807) is 14.1 Å². The van der Waals surface area contributed by atoms with Gasteiger partial charge in [-0.2, -0.15) is 0 Å². The zero-order valence-electron chi connectivity index (χ0n) is 10.8. The molecular weight excluding hydrogens is 220 g/mol. The van der Waals surface area contributed by atoms with Crippen LogP contribution in [-0.2, 0) is 9.53 Å². The highest BCUT2D eigenvalue weighted by Gasteiger charge is 2.16. The summed E-state index contributed by atoms with van der Waals surface area (Å²) in [4.78, 5) is 12.8. The molecule has 1 rings (SSSR count). The molecule has 1 saturated carbocycles. The van der Waals surface area contributed by atoms with Crippen molar-refractivity contribution in [3.05, 3.63) is 0 Å². The zero-order chi connectivity index (χ0) is 12.7. The van der Waals surface area contributed by atoms with Crippen molar-refractivity contribution in [3.8, 4) is 0 Å². The molecule has 0 aromatic carbocycles. The summed E-state index contributed by atoms with van der Waals surface area (Å²) in [6.45, 7) is 1.01. The fraction of sp³-hybridized carbons (Fsp3) is 0.917. The van der Waals surface area contributed by atoms with Crippen molar-refractivity contribution in [2.75, 3.05) is 33.8 Å². The van der Waals surface area contributed by atoms with E-state index in [0.29, 0.717) is 19.3 Å². The number of nitrogens with zero attached hydrogens (tertiary/aromatic N) is 1. The average Bonchev–Trinajstić information content (AvgIpc) is 2.78. The van der Waals surface area contributed by atoms with Gasteiger partial charge in [-0.25, -0.2) is 0 Å². The maximum atomic E-state index is 11.2. The Kier molecular flexibility index (Phi) is 6.47. The SMILES string of the molecule is CN(C)C(=O)CNCC(O)COC1CCCC1. The summed E-state index contributed by atoms with van der Waals surface area (Å²) in [5.74, 6) is 0.00825. The average molecular weight is 244 g/mol. The molecule has 0 spiro atoms. The van der Waals surface area contributed by atoms with Gasteiger partial charge < -0.3 is 20.1 Å². The van der Waals surface area contributed by atoms with Crippen LogP contribution in [0.25, 0.3) is 0 Å². The summed E-state index contributed by atoms with van der Waals surface area (Å²) in [7, 11) is 3.42. The number of aliphatic hydroxyl groups excluding tert-OH is 1. The quantitative estimate of drug-likeness (QED) is 0.661. The van der Waals surface area contributed by atoms with Gasteiger partial charge in [-0.1, -0.05) is 12.8 Å². The van der Waals surface area contributed by atoms with Crippen LogP contribution in [0.2, 0.25) is 0 Å². The standard InChI is InChI=1S/C12H24N2O3/c1-14(2)12(16)8-13-7-10(15)9-17-11-5-3-4-6-11/h10-11,13,15H,3-9H2,1-2H3. The van der Waals surface area contributed by atoms with E-state index in [4.69, 9.17) is 4.74 Å². The molecule has 1 amide bonds. The van der Waals surface area contributed by atoms with E-state index in [9.17, 15) is 9.90 Å². The number of rotatable bonds is 7. The van der Waals surface area contributed by atoms with E-state index in [2.05, 4.69) is 5.32 Å². The first-order chi connectivity index (χ1) is 8.09. The zero-order valence-corrected chi connectivity index (χ0v) is 10.8. The van der Waals surface area contributed by atoms with Gasteiger partial charge in [0, 0.05) is 20.6 Å². The fourth-order valence-corrected chi connectivity index (χ4v) is 1.86. The second kappa shape index (κ2) is 7.63. The number of likely N-dealkylation sites (N-methyl/N-ethyl adjacent to an activating group) is 1. The molecule has 2 N–H and O–H groups in total. The largest absolute Gasteiger partial charge is 0.389 e. The van der Waals surface area contributed by atoms with Crippen molar-refractivity contribution >= 4 is 5.91 Å². The number of aliphatic hydroxyl groups is 1. The Bertz CT molecular complexity index is 228. The highest BCUT2D eigenvalue weighted by atomic mass is 16.5. The van der Waals surface area contributed by atoms with Crippen LogP contribution < -0.4 is 5.32 Å².